The van der Waals surface area contributed by atoms with Crippen molar-refractivity contribution in [2.75, 3.05) is 39.7 Å². The summed E-state index contributed by atoms with van der Waals surface area (Å²) in [6.07, 6.45) is 3.37. The number of benzene rings is 1. The summed E-state index contributed by atoms with van der Waals surface area (Å²) < 4.78 is 15.6. The Morgan fingerprint density at radius 1 is 1.18 bits per heavy atom. The van der Waals surface area contributed by atoms with Gasteiger partial charge in [-0.15, -0.1) is 0 Å². The molecule has 0 radical (unpaired) electrons. The maximum Gasteiger partial charge on any atom is 0.356 e. The molecule has 1 aliphatic rings. The monoisotopic (exact) mass is 389 g/mol. The van der Waals surface area contributed by atoms with Crippen LogP contribution in [0.3, 0.4) is 0 Å². The Morgan fingerprint density at radius 2 is 1.89 bits per heavy atom. The number of carbonyl (C=O) groups is 2. The molecule has 1 atom stereocenters. The van der Waals surface area contributed by atoms with Crippen molar-refractivity contribution >= 4 is 28.5 Å². The summed E-state index contributed by atoms with van der Waals surface area (Å²) in [6.45, 7) is 3.31. The molecule has 1 fully saturated rings. The molecule has 1 amide bonds. The highest BCUT2D eigenvalue weighted by molar-refractivity contribution is 6.11. The van der Waals surface area contributed by atoms with Crippen LogP contribution in [0.25, 0.3) is 10.9 Å². The first kappa shape index (κ1) is 20.0. The Bertz CT molecular complexity index is 876. The van der Waals surface area contributed by atoms with E-state index in [0.29, 0.717) is 34.1 Å². The van der Waals surface area contributed by atoms with Crippen LogP contribution in [-0.2, 0) is 9.53 Å². The Hall–Kier alpha value is -2.74. The van der Waals surface area contributed by atoms with Gasteiger partial charge in [0.1, 0.15) is 5.69 Å². The minimum atomic E-state index is -0.559. The maximum atomic E-state index is 12.7. The molecule has 8 nitrogen and oxygen atoms in total. The van der Waals surface area contributed by atoms with Crippen molar-refractivity contribution < 1.29 is 23.8 Å². The largest absolute Gasteiger partial charge is 0.493 e. The summed E-state index contributed by atoms with van der Waals surface area (Å²) in [5.41, 5.74) is 1.21. The van der Waals surface area contributed by atoms with Gasteiger partial charge in [-0.05, 0) is 32.4 Å². The summed E-state index contributed by atoms with van der Waals surface area (Å²) >= 11 is 0. The van der Waals surface area contributed by atoms with Gasteiger partial charge < -0.3 is 24.5 Å². The lowest BCUT2D eigenvalue weighted by atomic mass is 10.0. The van der Waals surface area contributed by atoms with Crippen molar-refractivity contribution in [3.8, 4) is 11.5 Å². The molecule has 28 heavy (non-hydrogen) atoms. The number of esters is 1. The van der Waals surface area contributed by atoms with Crippen molar-refractivity contribution in [2.45, 2.75) is 32.2 Å². The van der Waals surface area contributed by atoms with Gasteiger partial charge in [0, 0.05) is 17.5 Å². The van der Waals surface area contributed by atoms with Crippen molar-refractivity contribution in [2.24, 2.45) is 0 Å². The van der Waals surface area contributed by atoms with E-state index in [1.54, 1.807) is 12.1 Å². The number of H-pyrrole nitrogens is 1. The number of anilines is 1. The number of nitrogens with zero attached hydrogens (tertiary/aromatic N) is 1. The van der Waals surface area contributed by atoms with Crippen LogP contribution in [0.15, 0.2) is 12.1 Å². The van der Waals surface area contributed by atoms with Gasteiger partial charge in [-0.3, -0.25) is 9.69 Å². The zero-order valence-corrected chi connectivity index (χ0v) is 16.8. The van der Waals surface area contributed by atoms with E-state index in [4.69, 9.17) is 14.2 Å². The number of aromatic amines is 1. The fourth-order valence-corrected chi connectivity index (χ4v) is 3.66. The first-order valence-electron chi connectivity index (χ1n) is 9.38. The van der Waals surface area contributed by atoms with E-state index >= 15 is 0 Å². The normalized spacial score (nSPS) is 17.4. The highest BCUT2D eigenvalue weighted by atomic mass is 16.5. The molecule has 8 heteroatoms. The van der Waals surface area contributed by atoms with Crippen LogP contribution >= 0.6 is 0 Å². The van der Waals surface area contributed by atoms with Gasteiger partial charge in [0.15, 0.2) is 11.5 Å². The topological polar surface area (TPSA) is 92.9 Å². The molecule has 1 saturated heterocycles. The number of fused-ring (bicyclic) bond motifs is 1. The number of hydrogen-bond donors (Lipinski definition) is 2. The lowest BCUT2D eigenvalue weighted by Crippen LogP contribution is -2.42. The van der Waals surface area contributed by atoms with Crippen molar-refractivity contribution in [1.29, 1.82) is 0 Å². The molecule has 1 aromatic heterocycles. The number of aromatic nitrogens is 1. The van der Waals surface area contributed by atoms with Crippen LogP contribution in [0, 0.1) is 0 Å². The van der Waals surface area contributed by atoms with E-state index in [9.17, 15) is 9.59 Å². The summed E-state index contributed by atoms with van der Waals surface area (Å²) in [4.78, 5) is 30.2. The van der Waals surface area contributed by atoms with Crippen molar-refractivity contribution in [3.63, 3.8) is 0 Å². The summed E-state index contributed by atoms with van der Waals surface area (Å²) in [6, 6.07) is 3.83. The van der Waals surface area contributed by atoms with Gasteiger partial charge in [0.25, 0.3) is 0 Å². The van der Waals surface area contributed by atoms with Gasteiger partial charge in [-0.25, -0.2) is 4.79 Å². The number of ether oxygens (including phenoxy) is 3. The number of likely N-dealkylation sites (tertiary alicyclic amines) is 1. The summed E-state index contributed by atoms with van der Waals surface area (Å²) in [5, 5.41) is 3.55. The molecule has 0 spiro atoms. The Morgan fingerprint density at radius 3 is 2.54 bits per heavy atom. The lowest BCUT2D eigenvalue weighted by molar-refractivity contribution is -0.118. The predicted octanol–water partition coefficient (Wildman–Crippen LogP) is 2.78. The van der Waals surface area contributed by atoms with Gasteiger partial charge >= 0.3 is 5.97 Å². The summed E-state index contributed by atoms with van der Waals surface area (Å²) in [7, 11) is 4.37. The van der Waals surface area contributed by atoms with E-state index < -0.39 is 5.97 Å². The molecule has 0 unspecified atom stereocenters. The van der Waals surface area contributed by atoms with Crippen molar-refractivity contribution in [3.05, 3.63) is 17.8 Å². The minimum Gasteiger partial charge on any atom is -0.493 e. The van der Waals surface area contributed by atoms with E-state index in [2.05, 4.69) is 22.1 Å². The number of nitrogens with one attached hydrogen (secondary N) is 2. The van der Waals surface area contributed by atoms with Gasteiger partial charge in [-0.2, -0.15) is 0 Å². The second-order valence-corrected chi connectivity index (χ2v) is 6.98. The third-order valence-corrected chi connectivity index (χ3v) is 5.24. The Kier molecular flexibility index (Phi) is 6.08. The Labute approximate surface area is 164 Å². The molecular weight excluding hydrogens is 362 g/mol. The van der Waals surface area contributed by atoms with Crippen LogP contribution < -0.4 is 14.8 Å². The van der Waals surface area contributed by atoms with Gasteiger partial charge in [0.05, 0.1) is 39.1 Å². The molecule has 0 saturated carbocycles. The molecule has 0 bridgehead atoms. The fourth-order valence-electron chi connectivity index (χ4n) is 3.66. The van der Waals surface area contributed by atoms with Crippen LogP contribution in [0.4, 0.5) is 5.69 Å². The molecule has 1 aromatic carbocycles. The van der Waals surface area contributed by atoms with Crippen LogP contribution in [-0.4, -0.2) is 62.2 Å². The molecule has 152 valence electrons. The average molecular weight is 389 g/mol. The fraction of sp³-hybridized carbons (Fsp3) is 0.500. The smallest absolute Gasteiger partial charge is 0.356 e. The zero-order chi connectivity index (χ0) is 20.3. The third kappa shape index (κ3) is 3.91. The third-order valence-electron chi connectivity index (χ3n) is 5.24. The molecule has 0 aliphatic carbocycles. The van der Waals surface area contributed by atoms with Crippen LogP contribution in [0.5, 0.6) is 11.5 Å². The van der Waals surface area contributed by atoms with Gasteiger partial charge in [-0.1, -0.05) is 6.42 Å². The van der Waals surface area contributed by atoms with E-state index in [1.807, 2.05) is 0 Å². The number of piperidine rings is 1. The molecule has 3 rings (SSSR count). The average Bonchev–Trinajstić information content (AvgIpc) is 3.05. The van der Waals surface area contributed by atoms with Crippen LogP contribution in [0.2, 0.25) is 0 Å². The number of methoxy groups -OCH3 is 3. The highest BCUT2D eigenvalue weighted by Gasteiger charge is 2.25. The first-order valence-corrected chi connectivity index (χ1v) is 9.38. The maximum absolute atomic E-state index is 12.7. The number of hydrogen-bond acceptors (Lipinski definition) is 6. The predicted molar refractivity (Wildman–Crippen MR) is 106 cm³/mol. The molecule has 2 N–H and O–H groups in total. The van der Waals surface area contributed by atoms with E-state index in [-0.39, 0.29) is 18.1 Å². The van der Waals surface area contributed by atoms with Gasteiger partial charge in [0.2, 0.25) is 5.91 Å². The Balaban J connectivity index is 1.95. The van der Waals surface area contributed by atoms with E-state index in [0.717, 1.165) is 19.4 Å². The standard InChI is InChI=1S/C20H27N3O5/c1-12-7-5-6-8-23(12)11-17(24)22-18-13-9-15(26-2)16(27-3)10-14(13)21-19(18)20(25)28-4/h9-10,12,21H,5-8,11H2,1-4H3,(H,22,24)/t12-/m1/s1. The number of carbonyl (C=O) groups excluding carboxylic acids is 2. The summed E-state index contributed by atoms with van der Waals surface area (Å²) in [5.74, 6) is 0.295. The molecule has 2 heterocycles. The molecule has 2 aromatic rings. The number of rotatable bonds is 6. The van der Waals surface area contributed by atoms with E-state index in [1.165, 1.54) is 27.8 Å². The van der Waals surface area contributed by atoms with Crippen molar-refractivity contribution in [1.82, 2.24) is 9.88 Å². The number of amides is 1. The molecule has 1 aliphatic heterocycles. The first-order chi connectivity index (χ1) is 13.5. The second-order valence-electron chi connectivity index (χ2n) is 6.98. The lowest BCUT2D eigenvalue weighted by Gasteiger charge is -2.32. The quantitative estimate of drug-likeness (QED) is 0.738. The highest BCUT2D eigenvalue weighted by Crippen LogP contribution is 2.37. The second kappa shape index (κ2) is 8.52. The zero-order valence-electron chi connectivity index (χ0n) is 16.8. The van der Waals surface area contributed by atoms with Crippen LogP contribution in [0.1, 0.15) is 36.7 Å². The minimum absolute atomic E-state index is 0.172. The SMILES string of the molecule is COC(=O)c1[nH]c2cc(OC)c(OC)cc2c1NC(=O)CN1CCCC[C@H]1C. The molecular formula is C20H27N3O5.